The monoisotopic (exact) mass is 197 g/mol. The molecule has 0 aromatic rings. The molecule has 2 rings (SSSR count). The molecule has 0 amide bonds. The van der Waals surface area contributed by atoms with Crippen LogP contribution in [0, 0.1) is 18.3 Å². The lowest BCUT2D eigenvalue weighted by Crippen LogP contribution is -2.41. The van der Waals surface area contributed by atoms with Gasteiger partial charge in [-0.15, -0.1) is 0 Å². The molecule has 1 aliphatic heterocycles. The molecule has 2 fully saturated rings. The lowest BCUT2D eigenvalue weighted by atomic mass is 9.75. The summed E-state index contributed by atoms with van der Waals surface area (Å²) < 4.78 is 9.78. The number of hydrogen-bond donors (Lipinski definition) is 0. The van der Waals surface area contributed by atoms with Gasteiger partial charge in [-0.1, -0.05) is 0 Å². The Morgan fingerprint density at radius 2 is 2.43 bits per heavy atom. The van der Waals surface area contributed by atoms with Crippen molar-refractivity contribution in [2.75, 3.05) is 7.11 Å². The van der Waals surface area contributed by atoms with Crippen LogP contribution in [0.1, 0.15) is 19.3 Å². The fraction of sp³-hybridized carbons (Fsp3) is 0.700. The molecule has 1 radical (unpaired) electrons. The van der Waals surface area contributed by atoms with E-state index in [0.29, 0.717) is 12.8 Å². The maximum Gasteiger partial charge on any atom is 0.308 e. The summed E-state index contributed by atoms with van der Waals surface area (Å²) in [6.07, 6.45) is 3.60. The van der Waals surface area contributed by atoms with Crippen LogP contribution >= 0.6 is 0 Å². The zero-order valence-electron chi connectivity index (χ0n) is 8.06. The van der Waals surface area contributed by atoms with Gasteiger partial charge < -0.3 is 9.47 Å². The SMILES string of the molecule is COC(=O)C1C[CH]C2CC1CC(=O)O2. The largest absolute Gasteiger partial charge is 0.469 e. The Morgan fingerprint density at radius 1 is 1.64 bits per heavy atom. The van der Waals surface area contributed by atoms with Crippen molar-refractivity contribution < 1.29 is 19.1 Å². The van der Waals surface area contributed by atoms with Gasteiger partial charge in [-0.25, -0.2) is 0 Å². The lowest BCUT2D eigenvalue weighted by Gasteiger charge is -2.37. The molecule has 0 aromatic heterocycles. The summed E-state index contributed by atoms with van der Waals surface area (Å²) in [6, 6.07) is 0. The number of fused-ring (bicyclic) bond motifs is 2. The Kier molecular flexibility index (Phi) is 2.44. The van der Waals surface area contributed by atoms with Crippen LogP contribution in [0.5, 0.6) is 0 Å². The van der Waals surface area contributed by atoms with Crippen molar-refractivity contribution in [2.45, 2.75) is 25.4 Å². The molecule has 3 atom stereocenters. The average Bonchev–Trinajstić information content (AvgIpc) is 2.16. The highest BCUT2D eigenvalue weighted by Gasteiger charge is 2.41. The van der Waals surface area contributed by atoms with E-state index in [2.05, 4.69) is 0 Å². The quantitative estimate of drug-likeness (QED) is 0.581. The molecule has 1 saturated carbocycles. The first-order valence-electron chi connectivity index (χ1n) is 4.81. The van der Waals surface area contributed by atoms with E-state index >= 15 is 0 Å². The second-order valence-corrected chi connectivity index (χ2v) is 3.83. The average molecular weight is 197 g/mol. The number of methoxy groups -OCH3 is 1. The molecule has 0 N–H and O–H groups in total. The summed E-state index contributed by atoms with van der Waals surface area (Å²) >= 11 is 0. The highest BCUT2D eigenvalue weighted by atomic mass is 16.5. The van der Waals surface area contributed by atoms with Gasteiger partial charge in [-0.3, -0.25) is 9.59 Å². The molecule has 1 aliphatic carbocycles. The van der Waals surface area contributed by atoms with Gasteiger partial charge in [-0.05, 0) is 18.8 Å². The third kappa shape index (κ3) is 1.61. The second-order valence-electron chi connectivity index (χ2n) is 3.83. The molecule has 14 heavy (non-hydrogen) atoms. The predicted octanol–water partition coefficient (Wildman–Crippen LogP) is 0.705. The predicted molar refractivity (Wildman–Crippen MR) is 47.0 cm³/mol. The molecule has 0 aromatic carbocycles. The van der Waals surface area contributed by atoms with E-state index in [1.165, 1.54) is 7.11 Å². The number of hydrogen-bond acceptors (Lipinski definition) is 4. The molecule has 1 heterocycles. The Morgan fingerprint density at radius 3 is 3.14 bits per heavy atom. The standard InChI is InChI=1S/C10H13O4/c1-13-10(12)8-3-2-7-4-6(8)5-9(11)14-7/h2,6-8H,3-5H2,1H3. The summed E-state index contributed by atoms with van der Waals surface area (Å²) in [6.45, 7) is 0. The Bertz CT molecular complexity index is 261. The minimum atomic E-state index is -0.209. The van der Waals surface area contributed by atoms with Crippen molar-refractivity contribution in [3.05, 3.63) is 6.42 Å². The number of rotatable bonds is 1. The highest BCUT2D eigenvalue weighted by molar-refractivity contribution is 5.76. The van der Waals surface area contributed by atoms with E-state index in [9.17, 15) is 9.59 Å². The Hall–Kier alpha value is -1.06. The third-order valence-electron chi connectivity index (χ3n) is 2.97. The first kappa shape index (κ1) is 9.49. The van der Waals surface area contributed by atoms with Crippen molar-refractivity contribution in [3.8, 4) is 0 Å². The molecular formula is C10H13O4. The van der Waals surface area contributed by atoms with E-state index in [-0.39, 0.29) is 29.9 Å². The van der Waals surface area contributed by atoms with Crippen molar-refractivity contribution in [2.24, 2.45) is 11.8 Å². The summed E-state index contributed by atoms with van der Waals surface area (Å²) in [5.41, 5.74) is 0. The van der Waals surface area contributed by atoms with Crippen molar-refractivity contribution in [3.63, 3.8) is 0 Å². The van der Waals surface area contributed by atoms with E-state index < -0.39 is 0 Å². The van der Waals surface area contributed by atoms with Crippen LogP contribution in [-0.2, 0) is 19.1 Å². The van der Waals surface area contributed by atoms with E-state index in [0.717, 1.165) is 6.42 Å². The highest BCUT2D eigenvalue weighted by Crippen LogP contribution is 2.37. The van der Waals surface area contributed by atoms with Crippen molar-refractivity contribution in [1.29, 1.82) is 0 Å². The van der Waals surface area contributed by atoms with Gasteiger partial charge >= 0.3 is 11.9 Å². The van der Waals surface area contributed by atoms with Crippen LogP contribution in [0.15, 0.2) is 0 Å². The van der Waals surface area contributed by atoms with Crippen LogP contribution < -0.4 is 0 Å². The fourth-order valence-electron chi connectivity index (χ4n) is 2.24. The van der Waals surface area contributed by atoms with Gasteiger partial charge in [-0.2, -0.15) is 0 Å². The second kappa shape index (κ2) is 3.59. The Balaban J connectivity index is 2.07. The van der Waals surface area contributed by atoms with E-state index in [4.69, 9.17) is 9.47 Å². The first-order chi connectivity index (χ1) is 6.70. The molecule has 2 bridgehead atoms. The number of esters is 2. The van der Waals surface area contributed by atoms with Crippen molar-refractivity contribution in [1.82, 2.24) is 0 Å². The number of carbonyl (C=O) groups excluding carboxylic acids is 2. The zero-order valence-corrected chi connectivity index (χ0v) is 8.06. The van der Waals surface area contributed by atoms with Crippen LogP contribution in [0.2, 0.25) is 0 Å². The van der Waals surface area contributed by atoms with E-state index in [1.54, 1.807) is 0 Å². The van der Waals surface area contributed by atoms with Gasteiger partial charge in [0.05, 0.1) is 13.0 Å². The van der Waals surface area contributed by atoms with Crippen LogP contribution in [0.4, 0.5) is 0 Å². The summed E-state index contributed by atoms with van der Waals surface area (Å²) in [7, 11) is 1.38. The van der Waals surface area contributed by atoms with Crippen molar-refractivity contribution >= 4 is 11.9 Å². The van der Waals surface area contributed by atoms with Gasteiger partial charge in [0.15, 0.2) is 0 Å². The topological polar surface area (TPSA) is 52.6 Å². The maximum absolute atomic E-state index is 11.4. The molecule has 1 saturated heterocycles. The zero-order chi connectivity index (χ0) is 10.1. The minimum absolute atomic E-state index is 0.0813. The van der Waals surface area contributed by atoms with Gasteiger partial charge in [0.25, 0.3) is 0 Å². The van der Waals surface area contributed by atoms with Crippen LogP contribution in [0.3, 0.4) is 0 Å². The number of carbonyl (C=O) groups is 2. The Labute approximate surface area is 82.6 Å². The summed E-state index contributed by atoms with van der Waals surface area (Å²) in [5, 5.41) is 0. The molecule has 77 valence electrons. The number of ether oxygens (including phenoxy) is 2. The van der Waals surface area contributed by atoms with Gasteiger partial charge in [0.2, 0.25) is 0 Å². The third-order valence-corrected chi connectivity index (χ3v) is 2.97. The summed E-state index contributed by atoms with van der Waals surface area (Å²) in [4.78, 5) is 22.5. The molecule has 4 heteroatoms. The summed E-state index contributed by atoms with van der Waals surface area (Å²) in [5.74, 6) is -0.446. The van der Waals surface area contributed by atoms with Crippen LogP contribution in [0.25, 0.3) is 0 Å². The molecule has 0 spiro atoms. The fourth-order valence-corrected chi connectivity index (χ4v) is 2.24. The molecule has 4 nitrogen and oxygen atoms in total. The minimum Gasteiger partial charge on any atom is -0.469 e. The molecular weight excluding hydrogens is 184 g/mol. The molecule has 2 aliphatic rings. The normalized spacial score (nSPS) is 36.1. The lowest BCUT2D eigenvalue weighted by molar-refractivity contribution is -0.163. The first-order valence-corrected chi connectivity index (χ1v) is 4.81. The van der Waals surface area contributed by atoms with Crippen LogP contribution in [-0.4, -0.2) is 25.2 Å². The van der Waals surface area contributed by atoms with Gasteiger partial charge in [0.1, 0.15) is 6.10 Å². The smallest absolute Gasteiger partial charge is 0.308 e. The molecule has 3 unspecified atom stereocenters. The maximum atomic E-state index is 11.4. The van der Waals surface area contributed by atoms with Gasteiger partial charge in [0, 0.05) is 12.8 Å². The van der Waals surface area contributed by atoms with E-state index in [1.807, 2.05) is 6.42 Å².